The molecule has 7 heteroatoms. The zero-order valence-corrected chi connectivity index (χ0v) is 14.4. The number of amides is 1. The third kappa shape index (κ3) is 3.50. The number of nitrogens with zero attached hydrogens (tertiary/aromatic N) is 4. The van der Waals surface area contributed by atoms with Crippen molar-refractivity contribution in [2.75, 3.05) is 19.0 Å². The predicted molar refractivity (Wildman–Crippen MR) is 92.6 cm³/mol. The number of pyridine rings is 2. The van der Waals surface area contributed by atoms with Crippen molar-refractivity contribution >= 4 is 33.3 Å². The third-order valence-corrected chi connectivity index (χ3v) is 3.83. The van der Waals surface area contributed by atoms with Crippen LogP contribution in [0.1, 0.15) is 16.1 Å². The summed E-state index contributed by atoms with van der Waals surface area (Å²) in [6.45, 7) is 0.369. The molecular weight excluding hydrogens is 358 g/mol. The zero-order valence-electron chi connectivity index (χ0n) is 12.8. The van der Waals surface area contributed by atoms with Gasteiger partial charge in [0.15, 0.2) is 0 Å². The summed E-state index contributed by atoms with van der Waals surface area (Å²) in [6, 6.07) is 7.43. The highest BCUT2D eigenvalue weighted by Gasteiger charge is 2.08. The van der Waals surface area contributed by atoms with Gasteiger partial charge in [0.2, 0.25) is 0 Å². The number of carbonyl (C=O) groups is 1. The van der Waals surface area contributed by atoms with E-state index in [-0.39, 0.29) is 5.91 Å². The normalized spacial score (nSPS) is 10.7. The van der Waals surface area contributed by atoms with E-state index in [1.807, 2.05) is 54.0 Å². The monoisotopic (exact) mass is 373 g/mol. The number of imidazole rings is 1. The maximum absolute atomic E-state index is 12.2. The Hall–Kier alpha value is -2.41. The van der Waals surface area contributed by atoms with Crippen LogP contribution in [0.15, 0.2) is 47.3 Å². The fourth-order valence-corrected chi connectivity index (χ4v) is 2.51. The van der Waals surface area contributed by atoms with Gasteiger partial charge in [0.05, 0.1) is 17.8 Å². The van der Waals surface area contributed by atoms with Crippen LogP contribution in [-0.4, -0.2) is 34.4 Å². The molecule has 0 atom stereocenters. The van der Waals surface area contributed by atoms with Gasteiger partial charge in [0, 0.05) is 37.2 Å². The van der Waals surface area contributed by atoms with Crippen LogP contribution < -0.4 is 10.2 Å². The van der Waals surface area contributed by atoms with Gasteiger partial charge < -0.3 is 14.6 Å². The summed E-state index contributed by atoms with van der Waals surface area (Å²) in [5.74, 6) is 0.647. The number of hydrogen-bond acceptors (Lipinski definition) is 4. The number of anilines is 1. The van der Waals surface area contributed by atoms with Gasteiger partial charge in [-0.05, 0) is 40.2 Å². The van der Waals surface area contributed by atoms with E-state index in [9.17, 15) is 4.79 Å². The fourth-order valence-electron chi connectivity index (χ4n) is 2.16. The smallest absolute Gasteiger partial charge is 0.253 e. The molecule has 1 amide bonds. The molecule has 0 aliphatic rings. The molecule has 0 spiro atoms. The molecule has 3 rings (SSSR count). The van der Waals surface area contributed by atoms with Gasteiger partial charge in [-0.3, -0.25) is 4.79 Å². The van der Waals surface area contributed by atoms with Crippen molar-refractivity contribution in [3.63, 3.8) is 0 Å². The molecule has 6 nitrogen and oxygen atoms in total. The van der Waals surface area contributed by atoms with Crippen molar-refractivity contribution < 1.29 is 4.79 Å². The van der Waals surface area contributed by atoms with Gasteiger partial charge in [-0.1, -0.05) is 0 Å². The number of carbonyl (C=O) groups excluding carboxylic acids is 1. The molecule has 0 fully saturated rings. The zero-order chi connectivity index (χ0) is 16.4. The summed E-state index contributed by atoms with van der Waals surface area (Å²) in [7, 11) is 3.81. The van der Waals surface area contributed by atoms with Crippen LogP contribution in [0.4, 0.5) is 5.82 Å². The van der Waals surface area contributed by atoms with Crippen LogP contribution >= 0.6 is 15.9 Å². The van der Waals surface area contributed by atoms with Gasteiger partial charge in [0.1, 0.15) is 11.5 Å². The summed E-state index contributed by atoms with van der Waals surface area (Å²) >= 11 is 3.42. The van der Waals surface area contributed by atoms with Crippen molar-refractivity contribution in [1.82, 2.24) is 19.7 Å². The average Bonchev–Trinajstić information content (AvgIpc) is 2.94. The molecule has 0 aromatic carbocycles. The summed E-state index contributed by atoms with van der Waals surface area (Å²) in [4.78, 5) is 22.7. The Kier molecular flexibility index (Phi) is 4.29. The standard InChI is InChI=1S/C16H16BrN5O/c1-21(2)14-5-3-11(7-18-14)16(23)19-8-13-10-22-9-12(17)4-6-15(22)20-13/h3-7,9-10H,8H2,1-2H3,(H,19,23). The molecule has 0 radical (unpaired) electrons. The lowest BCUT2D eigenvalue weighted by Gasteiger charge is -2.11. The minimum Gasteiger partial charge on any atom is -0.363 e. The largest absolute Gasteiger partial charge is 0.363 e. The Morgan fingerprint density at radius 1 is 1.26 bits per heavy atom. The first kappa shape index (κ1) is 15.5. The molecule has 0 bridgehead atoms. The van der Waals surface area contributed by atoms with E-state index in [1.54, 1.807) is 12.3 Å². The van der Waals surface area contributed by atoms with E-state index in [2.05, 4.69) is 31.2 Å². The molecule has 3 heterocycles. The quantitative estimate of drug-likeness (QED) is 0.762. The van der Waals surface area contributed by atoms with Gasteiger partial charge in [-0.2, -0.15) is 0 Å². The molecule has 23 heavy (non-hydrogen) atoms. The average molecular weight is 374 g/mol. The summed E-state index contributed by atoms with van der Waals surface area (Å²) in [6.07, 6.45) is 5.40. The van der Waals surface area contributed by atoms with Crippen molar-refractivity contribution in [3.8, 4) is 0 Å². The van der Waals surface area contributed by atoms with Gasteiger partial charge in [-0.25, -0.2) is 9.97 Å². The summed E-state index contributed by atoms with van der Waals surface area (Å²) in [5, 5.41) is 2.86. The first-order valence-electron chi connectivity index (χ1n) is 7.07. The molecule has 0 aliphatic carbocycles. The first-order valence-corrected chi connectivity index (χ1v) is 7.87. The number of rotatable bonds is 4. The molecule has 118 valence electrons. The van der Waals surface area contributed by atoms with Crippen LogP contribution in [0, 0.1) is 0 Å². The Morgan fingerprint density at radius 2 is 2.09 bits per heavy atom. The van der Waals surface area contributed by atoms with Crippen LogP contribution in [0.25, 0.3) is 5.65 Å². The van der Waals surface area contributed by atoms with Gasteiger partial charge in [-0.15, -0.1) is 0 Å². The third-order valence-electron chi connectivity index (χ3n) is 3.36. The predicted octanol–water partition coefficient (Wildman–Crippen LogP) is 2.49. The summed E-state index contributed by atoms with van der Waals surface area (Å²) in [5.41, 5.74) is 2.17. The topological polar surface area (TPSA) is 62.5 Å². The van der Waals surface area contributed by atoms with E-state index >= 15 is 0 Å². The molecular formula is C16H16BrN5O. The molecule has 0 aliphatic heterocycles. The Bertz CT molecular complexity index is 841. The van der Waals surface area contributed by atoms with Crippen LogP contribution in [-0.2, 0) is 6.54 Å². The maximum Gasteiger partial charge on any atom is 0.253 e. The second-order valence-corrected chi connectivity index (χ2v) is 6.24. The van der Waals surface area contributed by atoms with E-state index in [1.165, 1.54) is 0 Å². The number of hydrogen-bond donors (Lipinski definition) is 1. The number of nitrogens with one attached hydrogen (secondary N) is 1. The lowest BCUT2D eigenvalue weighted by Crippen LogP contribution is -2.23. The molecule has 0 unspecified atom stereocenters. The molecule has 1 N–H and O–H groups in total. The number of halogens is 1. The molecule has 3 aromatic heterocycles. The second kappa shape index (κ2) is 6.37. The Labute approximate surface area is 142 Å². The van der Waals surface area contributed by atoms with Gasteiger partial charge >= 0.3 is 0 Å². The fraction of sp³-hybridized carbons (Fsp3) is 0.188. The molecule has 0 saturated carbocycles. The van der Waals surface area contributed by atoms with Crippen LogP contribution in [0.2, 0.25) is 0 Å². The van der Waals surface area contributed by atoms with E-state index in [4.69, 9.17) is 0 Å². The minimum absolute atomic E-state index is 0.166. The van der Waals surface area contributed by atoms with Gasteiger partial charge in [0.25, 0.3) is 5.91 Å². The lowest BCUT2D eigenvalue weighted by molar-refractivity contribution is 0.0950. The van der Waals surface area contributed by atoms with E-state index in [0.717, 1.165) is 21.6 Å². The number of fused-ring (bicyclic) bond motifs is 1. The molecule has 0 saturated heterocycles. The van der Waals surface area contributed by atoms with Crippen molar-refractivity contribution in [2.45, 2.75) is 6.54 Å². The van der Waals surface area contributed by atoms with Crippen molar-refractivity contribution in [2.24, 2.45) is 0 Å². The van der Waals surface area contributed by atoms with Crippen molar-refractivity contribution in [3.05, 3.63) is 58.6 Å². The summed E-state index contributed by atoms with van der Waals surface area (Å²) < 4.78 is 2.89. The Morgan fingerprint density at radius 3 is 2.78 bits per heavy atom. The Balaban J connectivity index is 1.67. The highest BCUT2D eigenvalue weighted by Crippen LogP contribution is 2.13. The highest BCUT2D eigenvalue weighted by molar-refractivity contribution is 9.10. The molecule has 3 aromatic rings. The lowest BCUT2D eigenvalue weighted by atomic mass is 10.2. The second-order valence-electron chi connectivity index (χ2n) is 5.33. The highest BCUT2D eigenvalue weighted by atomic mass is 79.9. The van der Waals surface area contributed by atoms with Crippen molar-refractivity contribution in [1.29, 1.82) is 0 Å². The maximum atomic E-state index is 12.2. The number of aromatic nitrogens is 3. The first-order chi connectivity index (χ1) is 11.0. The van der Waals surface area contributed by atoms with E-state index in [0.29, 0.717) is 12.1 Å². The SMILES string of the molecule is CN(C)c1ccc(C(=O)NCc2cn3cc(Br)ccc3n2)cn1. The minimum atomic E-state index is -0.166. The van der Waals surface area contributed by atoms with Crippen LogP contribution in [0.5, 0.6) is 0 Å². The van der Waals surface area contributed by atoms with Crippen LogP contribution in [0.3, 0.4) is 0 Å². The van der Waals surface area contributed by atoms with E-state index < -0.39 is 0 Å².